The summed E-state index contributed by atoms with van der Waals surface area (Å²) in [7, 11) is 0. The largest absolute Gasteiger partial charge is 0.327 e. The highest BCUT2D eigenvalue weighted by Gasteiger charge is 2.27. The Labute approximate surface area is 73.0 Å². The number of nitriles is 1. The van der Waals surface area contributed by atoms with Gasteiger partial charge in [-0.2, -0.15) is 5.26 Å². The van der Waals surface area contributed by atoms with Crippen LogP contribution in [-0.2, 0) is 4.79 Å². The Morgan fingerprint density at radius 1 is 1.75 bits per heavy atom. The van der Waals surface area contributed by atoms with Crippen molar-refractivity contribution in [2.75, 3.05) is 6.54 Å². The molecule has 0 bridgehead atoms. The first-order chi connectivity index (χ1) is 5.79. The summed E-state index contributed by atoms with van der Waals surface area (Å²) in [5.74, 6) is 0.140. The van der Waals surface area contributed by atoms with Crippen molar-refractivity contribution in [3.63, 3.8) is 0 Å². The lowest BCUT2D eigenvalue weighted by atomic mass is 10.2. The second-order valence-corrected chi connectivity index (χ2v) is 3.12. The molecule has 12 heavy (non-hydrogen) atoms. The quantitative estimate of drug-likeness (QED) is 0.620. The average Bonchev–Trinajstić information content (AvgIpc) is 2.51. The molecule has 3 heteroatoms. The zero-order chi connectivity index (χ0) is 8.97. The number of amides is 1. The van der Waals surface area contributed by atoms with Crippen molar-refractivity contribution < 1.29 is 4.79 Å². The first-order valence-corrected chi connectivity index (χ1v) is 4.48. The number of rotatable bonds is 2. The van der Waals surface area contributed by atoms with Crippen molar-refractivity contribution in [2.24, 2.45) is 0 Å². The molecule has 0 spiro atoms. The molecule has 1 fully saturated rings. The van der Waals surface area contributed by atoms with Crippen molar-refractivity contribution in [3.8, 4) is 6.07 Å². The molecule has 0 aromatic carbocycles. The van der Waals surface area contributed by atoms with E-state index in [1.807, 2.05) is 6.92 Å². The van der Waals surface area contributed by atoms with Crippen LogP contribution in [0.15, 0.2) is 0 Å². The summed E-state index contributed by atoms with van der Waals surface area (Å²) in [4.78, 5) is 13.1. The number of carbonyl (C=O) groups is 1. The van der Waals surface area contributed by atoms with Crippen LogP contribution in [0.3, 0.4) is 0 Å². The predicted octanol–water partition coefficient (Wildman–Crippen LogP) is 1.30. The summed E-state index contributed by atoms with van der Waals surface area (Å²) in [6.07, 6.45) is 3.28. The van der Waals surface area contributed by atoms with Gasteiger partial charge in [-0.15, -0.1) is 0 Å². The van der Waals surface area contributed by atoms with Crippen molar-refractivity contribution >= 4 is 5.91 Å². The molecular weight excluding hydrogens is 152 g/mol. The number of hydrogen-bond acceptors (Lipinski definition) is 2. The van der Waals surface area contributed by atoms with Gasteiger partial charge in [-0.05, 0) is 19.3 Å². The summed E-state index contributed by atoms with van der Waals surface area (Å²) in [5, 5.41) is 8.71. The van der Waals surface area contributed by atoms with Crippen LogP contribution in [-0.4, -0.2) is 23.4 Å². The standard InChI is InChI=1S/C9H14N2O/c1-2-4-9(12)11-6-3-5-8(11)7-10/h8H,2-6H2,1H3. The van der Waals surface area contributed by atoms with E-state index in [9.17, 15) is 4.79 Å². The minimum absolute atomic E-state index is 0.140. The van der Waals surface area contributed by atoms with E-state index >= 15 is 0 Å². The van der Waals surface area contributed by atoms with E-state index in [1.165, 1.54) is 0 Å². The molecule has 0 N–H and O–H groups in total. The van der Waals surface area contributed by atoms with Crippen LogP contribution < -0.4 is 0 Å². The Kier molecular flexibility index (Phi) is 3.09. The van der Waals surface area contributed by atoms with Crippen LogP contribution in [0, 0.1) is 11.3 Å². The minimum Gasteiger partial charge on any atom is -0.327 e. The molecule has 0 saturated carbocycles. The molecule has 1 rings (SSSR count). The van der Waals surface area contributed by atoms with Crippen molar-refractivity contribution in [3.05, 3.63) is 0 Å². The van der Waals surface area contributed by atoms with Crippen molar-refractivity contribution in [2.45, 2.75) is 38.6 Å². The van der Waals surface area contributed by atoms with Gasteiger partial charge < -0.3 is 4.90 Å². The first kappa shape index (κ1) is 9.05. The molecule has 3 nitrogen and oxygen atoms in total. The molecule has 1 amide bonds. The summed E-state index contributed by atoms with van der Waals surface area (Å²) in [6.45, 7) is 2.76. The molecule has 0 aromatic rings. The predicted molar refractivity (Wildman–Crippen MR) is 45.3 cm³/mol. The van der Waals surface area contributed by atoms with Crippen LogP contribution in [0.4, 0.5) is 0 Å². The van der Waals surface area contributed by atoms with Gasteiger partial charge in [0, 0.05) is 13.0 Å². The van der Waals surface area contributed by atoms with E-state index in [2.05, 4.69) is 6.07 Å². The van der Waals surface area contributed by atoms with Gasteiger partial charge in [0.05, 0.1) is 6.07 Å². The topological polar surface area (TPSA) is 44.1 Å². The fourth-order valence-electron chi connectivity index (χ4n) is 1.56. The van der Waals surface area contributed by atoms with Gasteiger partial charge in [-0.25, -0.2) is 0 Å². The van der Waals surface area contributed by atoms with E-state index in [4.69, 9.17) is 5.26 Å². The van der Waals surface area contributed by atoms with E-state index in [-0.39, 0.29) is 11.9 Å². The van der Waals surface area contributed by atoms with Gasteiger partial charge in [0.25, 0.3) is 0 Å². The number of hydrogen-bond donors (Lipinski definition) is 0. The Morgan fingerprint density at radius 3 is 3.08 bits per heavy atom. The average molecular weight is 166 g/mol. The van der Waals surface area contributed by atoms with Crippen LogP contribution in [0.1, 0.15) is 32.6 Å². The minimum atomic E-state index is -0.149. The number of nitrogens with zero attached hydrogens (tertiary/aromatic N) is 2. The Bertz CT molecular complexity index is 207. The van der Waals surface area contributed by atoms with Crippen molar-refractivity contribution in [1.82, 2.24) is 4.90 Å². The summed E-state index contributed by atoms with van der Waals surface area (Å²) >= 11 is 0. The molecule has 0 aliphatic carbocycles. The maximum Gasteiger partial charge on any atom is 0.223 e. The molecular formula is C9H14N2O. The van der Waals surface area contributed by atoms with Crippen LogP contribution in [0.5, 0.6) is 0 Å². The van der Waals surface area contributed by atoms with Crippen molar-refractivity contribution in [1.29, 1.82) is 5.26 Å². The maximum absolute atomic E-state index is 11.4. The summed E-state index contributed by atoms with van der Waals surface area (Å²) < 4.78 is 0. The zero-order valence-corrected chi connectivity index (χ0v) is 7.42. The van der Waals surface area contributed by atoms with Gasteiger partial charge >= 0.3 is 0 Å². The highest BCUT2D eigenvalue weighted by Crippen LogP contribution is 2.17. The third kappa shape index (κ3) is 1.76. The van der Waals surface area contributed by atoms with E-state index in [1.54, 1.807) is 4.90 Å². The normalized spacial score (nSPS) is 22.3. The molecule has 1 unspecified atom stereocenters. The highest BCUT2D eigenvalue weighted by molar-refractivity contribution is 5.77. The lowest BCUT2D eigenvalue weighted by molar-refractivity contribution is -0.131. The molecule has 1 aliphatic heterocycles. The van der Waals surface area contributed by atoms with Crippen LogP contribution in [0.25, 0.3) is 0 Å². The van der Waals surface area contributed by atoms with E-state index < -0.39 is 0 Å². The fourth-order valence-corrected chi connectivity index (χ4v) is 1.56. The molecule has 0 aromatic heterocycles. The van der Waals surface area contributed by atoms with Gasteiger partial charge in [-0.3, -0.25) is 4.79 Å². The SMILES string of the molecule is CCCC(=O)N1CCCC1C#N. The summed E-state index contributed by atoms with van der Waals surface area (Å²) in [5.41, 5.74) is 0. The number of likely N-dealkylation sites (tertiary alicyclic amines) is 1. The zero-order valence-electron chi connectivity index (χ0n) is 7.42. The Morgan fingerprint density at radius 2 is 2.50 bits per heavy atom. The van der Waals surface area contributed by atoms with Crippen LogP contribution in [0.2, 0.25) is 0 Å². The monoisotopic (exact) mass is 166 g/mol. The van der Waals surface area contributed by atoms with E-state index in [0.717, 1.165) is 25.8 Å². The van der Waals surface area contributed by atoms with E-state index in [0.29, 0.717) is 6.42 Å². The molecule has 1 saturated heterocycles. The summed E-state index contributed by atoms with van der Waals surface area (Å²) in [6, 6.07) is 2.01. The molecule has 1 heterocycles. The third-order valence-electron chi connectivity index (χ3n) is 2.19. The molecule has 1 atom stereocenters. The Hall–Kier alpha value is -1.04. The fraction of sp³-hybridized carbons (Fsp3) is 0.778. The molecule has 0 radical (unpaired) electrons. The van der Waals surface area contributed by atoms with Gasteiger partial charge in [-0.1, -0.05) is 6.92 Å². The van der Waals surface area contributed by atoms with Gasteiger partial charge in [0.2, 0.25) is 5.91 Å². The lowest BCUT2D eigenvalue weighted by Gasteiger charge is -2.18. The third-order valence-corrected chi connectivity index (χ3v) is 2.19. The first-order valence-electron chi connectivity index (χ1n) is 4.48. The molecule has 1 aliphatic rings. The second-order valence-electron chi connectivity index (χ2n) is 3.12. The van der Waals surface area contributed by atoms with Gasteiger partial charge in [0.15, 0.2) is 0 Å². The highest BCUT2D eigenvalue weighted by atomic mass is 16.2. The maximum atomic E-state index is 11.4. The molecule has 66 valence electrons. The van der Waals surface area contributed by atoms with Gasteiger partial charge in [0.1, 0.15) is 6.04 Å². The van der Waals surface area contributed by atoms with Crippen LogP contribution >= 0.6 is 0 Å². The second kappa shape index (κ2) is 4.10. The smallest absolute Gasteiger partial charge is 0.223 e. The number of carbonyl (C=O) groups excluding carboxylic acids is 1. The lowest BCUT2D eigenvalue weighted by Crippen LogP contribution is -2.34. The Balaban J connectivity index is 2.51.